The molecule has 2 amide bonds. The SMILES string of the molecule is CC#CC(=O)N1CCC[C@H]1c1nc(-c2ccc(Oc3ccccc3)cc2)c2c(N)nccn12.CC#CC(=O)O.CC1(C)OB(c2ccc(Oc3ccccc3)cc2)OC1(C)C.Nc1nccn2c([C@@H]3CCCN3)nc(-c3ccc(Oc4ccccc4)cc3)c12.Nc1nccn2c([C@@H]3CCCN3C(=O)OCc3ccccc3)nc(-c3ccc(Oc4ccccc4)cc3)c12. The third-order valence-corrected chi connectivity index (χ3v) is 22.2. The maximum Gasteiger partial charge on any atom is 0.494 e. The summed E-state index contributed by atoms with van der Waals surface area (Å²) >= 11 is 0. The van der Waals surface area contributed by atoms with Crippen LogP contribution in [0.1, 0.15) is 121 Å². The van der Waals surface area contributed by atoms with E-state index in [2.05, 4.69) is 70.1 Å². The minimum absolute atomic E-state index is 0.165. The van der Waals surface area contributed by atoms with Gasteiger partial charge in [-0.2, -0.15) is 0 Å². The van der Waals surface area contributed by atoms with E-state index >= 15 is 0 Å². The molecule has 19 rings (SSSR count). The Morgan fingerprint density at radius 2 is 0.795 bits per heavy atom. The Labute approximate surface area is 736 Å². The second-order valence-electron chi connectivity index (χ2n) is 31.2. The van der Waals surface area contributed by atoms with Crippen molar-refractivity contribution in [3.05, 3.63) is 309 Å². The molecular weight excluding hydrogens is 1600 g/mol. The van der Waals surface area contributed by atoms with Gasteiger partial charge >= 0.3 is 19.2 Å². The minimum Gasteiger partial charge on any atom is -0.472 e. The van der Waals surface area contributed by atoms with Crippen LogP contribution in [0.25, 0.3) is 50.3 Å². The van der Waals surface area contributed by atoms with Gasteiger partial charge in [0.1, 0.15) is 121 Å². The number of benzene rings is 9. The molecule has 15 aromatic rings. The molecule has 0 bridgehead atoms. The molecule has 8 N–H and O–H groups in total. The van der Waals surface area contributed by atoms with Crippen molar-refractivity contribution in [3.8, 4) is 103 Å². The first-order valence-corrected chi connectivity index (χ1v) is 41.9. The smallest absolute Gasteiger partial charge is 0.472 e. The van der Waals surface area contributed by atoms with E-state index in [1.807, 2.05) is 282 Å². The maximum atomic E-state index is 13.1. The predicted octanol–water partition coefficient (Wildman–Crippen LogP) is 18.8. The number of hydrogen-bond donors (Lipinski definition) is 5. The quantitative estimate of drug-likeness (QED) is 0.0418. The number of imidazole rings is 3. The standard InChI is InChI=1S/C30H27N5O3.C26H23N5O2.C22H21N5O.C18H21BO3.C4H4O2/c31-28-27-26(22-13-15-24(16-14-22)38-23-10-5-2-6-11-23)33-29(35(27)19-17-32-28)25-12-7-18-34(25)30(36)37-20-21-8-3-1-4-9-21;1-2-7-22(32)30-16-6-10-21(30)26-29-23(24-25(27)28-15-17-31(24)26)18-11-13-20(14-12-18)33-19-8-4-3-5-9-19;23-21-20-19(26-22(18-7-4-12-24-18)27(20)14-13-25-21)15-8-10-17(11-9-15)28-16-5-2-1-3-6-16;1-17(2)18(3,4)22-19(21-17)14-10-12-16(13-11-14)20-15-8-6-5-7-9-15;1-2-3-4(5)6/h1-6,8-11,13-17,19,25H,7,12,18,20H2,(H2,31,32);3-5,8-9,11-15,17,21H,6,10,16H2,1H3,(H2,27,28);1-3,5-6,8-11,13-14,18,24H,4,7,12H2,(H2,23,25);5-13H,1-4H3;1H3,(H,5,6)/t25-;21-;18-;;/m000../s1. The number of likely N-dealkylation sites (tertiary alicyclic amines) is 2. The molecule has 4 aliphatic heterocycles. The van der Waals surface area contributed by atoms with Gasteiger partial charge < -0.3 is 65.5 Å². The van der Waals surface area contributed by atoms with Gasteiger partial charge in [-0.3, -0.25) is 22.9 Å². The Hall–Kier alpha value is -15.3. The van der Waals surface area contributed by atoms with Gasteiger partial charge in [-0.1, -0.05) is 127 Å². The van der Waals surface area contributed by atoms with E-state index in [9.17, 15) is 14.4 Å². The molecule has 127 heavy (non-hydrogen) atoms. The van der Waals surface area contributed by atoms with E-state index < -0.39 is 5.97 Å². The van der Waals surface area contributed by atoms with E-state index in [4.69, 9.17) is 70.3 Å². The number of fused-ring (bicyclic) bond motifs is 3. The lowest BCUT2D eigenvalue weighted by molar-refractivity contribution is -0.130. The van der Waals surface area contributed by atoms with Crippen molar-refractivity contribution in [1.82, 2.24) is 58.2 Å². The van der Waals surface area contributed by atoms with Gasteiger partial charge in [-0.15, -0.1) is 0 Å². The zero-order valence-corrected chi connectivity index (χ0v) is 71.2. The number of aliphatic carboxylic acids is 1. The molecule has 6 aromatic heterocycles. The molecule has 26 nitrogen and oxygen atoms in total. The Kier molecular flexibility index (Phi) is 27.2. The molecule has 0 spiro atoms. The van der Waals surface area contributed by atoms with E-state index in [0.29, 0.717) is 41.8 Å². The van der Waals surface area contributed by atoms with Crippen molar-refractivity contribution in [2.75, 3.05) is 36.8 Å². The number of carbonyl (C=O) groups excluding carboxylic acids is 2. The van der Waals surface area contributed by atoms with E-state index in [1.54, 1.807) is 35.3 Å². The zero-order valence-electron chi connectivity index (χ0n) is 71.2. The number of anilines is 3. The van der Waals surface area contributed by atoms with Crippen LogP contribution in [0.3, 0.4) is 0 Å². The first-order valence-electron chi connectivity index (χ1n) is 41.9. The zero-order chi connectivity index (χ0) is 88.4. The van der Waals surface area contributed by atoms with Gasteiger partial charge in [-0.05, 0) is 237 Å². The second kappa shape index (κ2) is 39.9. The maximum absolute atomic E-state index is 13.1. The molecular formula is C100H96BN15O11. The fourth-order valence-electron chi connectivity index (χ4n) is 15.3. The van der Waals surface area contributed by atoms with Crippen molar-refractivity contribution in [1.29, 1.82) is 0 Å². The highest BCUT2D eigenvalue weighted by molar-refractivity contribution is 6.62. The summed E-state index contributed by atoms with van der Waals surface area (Å²) in [6.07, 6.45) is 15.9. The Bertz CT molecular complexity index is 6410. The Balaban J connectivity index is 0.000000130. The summed E-state index contributed by atoms with van der Waals surface area (Å²) in [6, 6.07) is 79.5. The molecule has 4 fully saturated rings. The third kappa shape index (κ3) is 20.7. The van der Waals surface area contributed by atoms with Gasteiger partial charge in [0.2, 0.25) is 0 Å². The lowest BCUT2D eigenvalue weighted by atomic mass is 9.79. The lowest BCUT2D eigenvalue weighted by Crippen LogP contribution is -2.41. The number of aromatic nitrogens is 9. The number of nitrogens with one attached hydrogen (secondary N) is 1. The van der Waals surface area contributed by atoms with Crippen LogP contribution in [0.4, 0.5) is 22.2 Å². The van der Waals surface area contributed by atoms with Gasteiger partial charge in [0.15, 0.2) is 0 Å². The molecule has 9 aromatic carbocycles. The monoisotopic (exact) mass is 1690 g/mol. The van der Waals surface area contributed by atoms with Gasteiger partial charge in [0.05, 0.1) is 29.3 Å². The number of rotatable bonds is 17. The van der Waals surface area contributed by atoms with Crippen LogP contribution < -0.4 is 46.9 Å². The highest BCUT2D eigenvalue weighted by Crippen LogP contribution is 2.42. The number of nitrogen functional groups attached to an aromatic ring is 3. The minimum atomic E-state index is -1.07. The summed E-state index contributed by atoms with van der Waals surface area (Å²) in [6.45, 7) is 13.9. The van der Waals surface area contributed by atoms with Crippen molar-refractivity contribution in [2.45, 2.75) is 116 Å². The van der Waals surface area contributed by atoms with Crippen LogP contribution in [0.2, 0.25) is 0 Å². The van der Waals surface area contributed by atoms with Crippen molar-refractivity contribution >= 4 is 64.6 Å². The predicted molar refractivity (Wildman–Crippen MR) is 490 cm³/mol. The summed E-state index contributed by atoms with van der Waals surface area (Å²) in [5.41, 5.74) is 27.5. The number of amides is 2. The van der Waals surface area contributed by atoms with Crippen LogP contribution in [-0.4, -0.2) is 114 Å². The third-order valence-electron chi connectivity index (χ3n) is 22.2. The molecule has 640 valence electrons. The number of carboxylic acid groups (broad SMARTS) is 1. The molecule has 4 saturated heterocycles. The largest absolute Gasteiger partial charge is 0.494 e. The Morgan fingerprint density at radius 1 is 0.449 bits per heavy atom. The summed E-state index contributed by atoms with van der Waals surface area (Å²) < 4.78 is 47.2. The summed E-state index contributed by atoms with van der Waals surface area (Å²) in [5, 5.41) is 11.3. The molecule has 0 aliphatic carbocycles. The number of nitrogens with two attached hydrogens (primary N) is 3. The van der Waals surface area contributed by atoms with Crippen LogP contribution in [0, 0.1) is 23.7 Å². The first-order chi connectivity index (χ1) is 61.8. The summed E-state index contributed by atoms with van der Waals surface area (Å²) in [7, 11) is -0.337. The average molecular weight is 1690 g/mol. The van der Waals surface area contributed by atoms with Crippen LogP contribution in [-0.2, 0) is 30.2 Å². The highest BCUT2D eigenvalue weighted by atomic mass is 16.7. The summed E-state index contributed by atoms with van der Waals surface area (Å²) in [4.78, 5) is 66.4. The van der Waals surface area contributed by atoms with Crippen molar-refractivity contribution in [2.24, 2.45) is 0 Å². The molecule has 10 heterocycles. The molecule has 0 unspecified atom stereocenters. The molecule has 27 heteroatoms. The number of ether oxygens (including phenoxy) is 5. The van der Waals surface area contributed by atoms with E-state index in [-0.39, 0.29) is 55.1 Å². The summed E-state index contributed by atoms with van der Waals surface area (Å²) in [5.74, 6) is 18.2. The fourth-order valence-corrected chi connectivity index (χ4v) is 15.3. The van der Waals surface area contributed by atoms with Gasteiger partial charge in [0.25, 0.3) is 5.91 Å². The van der Waals surface area contributed by atoms with Crippen LogP contribution >= 0.6 is 0 Å². The molecule has 3 atom stereocenters. The van der Waals surface area contributed by atoms with E-state index in [0.717, 1.165) is 159 Å². The van der Waals surface area contributed by atoms with Crippen molar-refractivity contribution in [3.63, 3.8) is 0 Å². The lowest BCUT2D eigenvalue weighted by Gasteiger charge is -2.32. The average Bonchev–Trinajstić information content (AvgIpc) is 1.61. The number of nitrogens with zero attached hydrogens (tertiary/aromatic N) is 11. The molecule has 4 aliphatic rings. The van der Waals surface area contributed by atoms with E-state index in [1.165, 1.54) is 6.92 Å². The van der Waals surface area contributed by atoms with Crippen molar-refractivity contribution < 1.29 is 52.5 Å². The topological polar surface area (TPSA) is 323 Å². The number of carboxylic acids is 1. The van der Waals surface area contributed by atoms with Gasteiger partial charge in [0, 0.05) is 72.9 Å². The molecule has 0 radical (unpaired) electrons. The highest BCUT2D eigenvalue weighted by Gasteiger charge is 2.52. The number of carbonyl (C=O) groups is 3. The normalized spacial score (nSPS) is 15.7. The number of hydrogen-bond acceptors (Lipinski definition) is 20. The van der Waals surface area contributed by atoms with Crippen LogP contribution in [0.5, 0.6) is 46.0 Å². The number of para-hydroxylation sites is 4. The first kappa shape index (κ1) is 86.6. The van der Waals surface area contributed by atoms with Gasteiger partial charge in [-0.25, -0.2) is 39.5 Å². The molecule has 0 saturated carbocycles. The Morgan fingerprint density at radius 3 is 1.16 bits per heavy atom. The van der Waals surface area contributed by atoms with Crippen LogP contribution in [0.15, 0.2) is 286 Å². The second-order valence-corrected chi connectivity index (χ2v) is 31.2. The fraction of sp³-hybridized carbons (Fsp3) is 0.210.